The Hall–Kier alpha value is -3.19. The van der Waals surface area contributed by atoms with Crippen LogP contribution in [0.2, 0.25) is 5.02 Å². The number of aryl methyl sites for hydroxylation is 1. The smallest absolute Gasteiger partial charge is 0.278 e. The molecule has 0 bridgehead atoms. The monoisotopic (exact) mass is 415 g/mol. The van der Waals surface area contributed by atoms with E-state index in [0.29, 0.717) is 16.5 Å². The molecule has 0 atom stereocenters. The van der Waals surface area contributed by atoms with E-state index in [9.17, 15) is 14.0 Å². The number of benzene rings is 2. The van der Waals surface area contributed by atoms with Gasteiger partial charge in [-0.1, -0.05) is 35.9 Å². The molecular formula is C21H19ClFN3O3. The molecule has 0 saturated heterocycles. The van der Waals surface area contributed by atoms with Gasteiger partial charge in [-0.3, -0.25) is 9.59 Å². The minimum atomic E-state index is -0.581. The van der Waals surface area contributed by atoms with Crippen LogP contribution in [0.1, 0.15) is 16.2 Å². The molecule has 1 heterocycles. The Morgan fingerprint density at radius 2 is 1.90 bits per heavy atom. The van der Waals surface area contributed by atoms with E-state index in [1.807, 2.05) is 0 Å². The molecule has 0 fully saturated rings. The van der Waals surface area contributed by atoms with Crippen molar-refractivity contribution in [3.05, 3.63) is 87.0 Å². The first kappa shape index (κ1) is 20.5. The number of carbonyl (C=O) groups excluding carboxylic acids is 1. The van der Waals surface area contributed by atoms with Crippen LogP contribution in [0.15, 0.2) is 59.4 Å². The minimum absolute atomic E-state index is 0.156. The standard InChI is InChI=1S/C21H19ClFN3O3/c1-14-13-18(27)20(24-26(14)17-9-5-4-8-16(17)23)21(28)25(2)11-12-29-19-10-6-3-7-15(19)22/h3-10,13H,11-12H2,1-2H3. The molecule has 8 heteroatoms. The van der Waals surface area contributed by atoms with Crippen LogP contribution in [-0.4, -0.2) is 40.8 Å². The third-order valence-corrected chi connectivity index (χ3v) is 4.57. The normalized spacial score (nSPS) is 10.6. The Kier molecular flexibility index (Phi) is 6.29. The Morgan fingerprint density at radius 3 is 2.62 bits per heavy atom. The van der Waals surface area contributed by atoms with Crippen LogP contribution in [0, 0.1) is 12.7 Å². The molecule has 0 spiro atoms. The van der Waals surface area contributed by atoms with Gasteiger partial charge in [-0.05, 0) is 31.2 Å². The number of hydrogen-bond donors (Lipinski definition) is 0. The van der Waals surface area contributed by atoms with Gasteiger partial charge in [-0.15, -0.1) is 0 Å². The van der Waals surface area contributed by atoms with Crippen molar-refractivity contribution in [3.63, 3.8) is 0 Å². The van der Waals surface area contributed by atoms with E-state index in [1.165, 1.54) is 34.8 Å². The molecule has 0 aliphatic heterocycles. The van der Waals surface area contributed by atoms with Gasteiger partial charge in [0.15, 0.2) is 5.69 Å². The summed E-state index contributed by atoms with van der Waals surface area (Å²) in [6.07, 6.45) is 0. The Balaban J connectivity index is 1.78. The summed E-state index contributed by atoms with van der Waals surface area (Å²) in [6, 6.07) is 14.3. The van der Waals surface area contributed by atoms with Crippen LogP contribution in [0.5, 0.6) is 5.75 Å². The van der Waals surface area contributed by atoms with Crippen molar-refractivity contribution in [2.24, 2.45) is 0 Å². The van der Waals surface area contributed by atoms with E-state index in [-0.39, 0.29) is 24.5 Å². The average molecular weight is 416 g/mol. The van der Waals surface area contributed by atoms with E-state index in [4.69, 9.17) is 16.3 Å². The van der Waals surface area contributed by atoms with Gasteiger partial charge in [0.25, 0.3) is 5.91 Å². The zero-order valence-electron chi connectivity index (χ0n) is 15.9. The van der Waals surface area contributed by atoms with Gasteiger partial charge in [0, 0.05) is 18.8 Å². The van der Waals surface area contributed by atoms with Gasteiger partial charge in [-0.25, -0.2) is 9.07 Å². The molecule has 0 radical (unpaired) electrons. The molecule has 1 amide bonds. The number of carbonyl (C=O) groups is 1. The number of aromatic nitrogens is 2. The summed E-state index contributed by atoms with van der Waals surface area (Å²) in [7, 11) is 1.53. The van der Waals surface area contributed by atoms with E-state index in [2.05, 4.69) is 5.10 Å². The van der Waals surface area contributed by atoms with Crippen molar-refractivity contribution >= 4 is 17.5 Å². The number of likely N-dealkylation sites (N-methyl/N-ethyl adjacent to an activating group) is 1. The molecule has 2 aromatic carbocycles. The Labute approximate surface area is 172 Å². The summed E-state index contributed by atoms with van der Waals surface area (Å²) in [5, 5.41) is 4.58. The maximum Gasteiger partial charge on any atom is 0.278 e. The third kappa shape index (κ3) is 4.63. The maximum atomic E-state index is 14.1. The predicted octanol–water partition coefficient (Wildman–Crippen LogP) is 3.48. The number of nitrogens with zero attached hydrogens (tertiary/aromatic N) is 3. The molecule has 3 rings (SSSR count). The Bertz CT molecular complexity index is 1100. The van der Waals surface area contributed by atoms with Crippen molar-refractivity contribution in [1.29, 1.82) is 0 Å². The van der Waals surface area contributed by atoms with Gasteiger partial charge in [0.05, 0.1) is 11.6 Å². The number of halogens is 2. The van der Waals surface area contributed by atoms with Crippen molar-refractivity contribution < 1.29 is 13.9 Å². The highest BCUT2D eigenvalue weighted by molar-refractivity contribution is 6.32. The molecular weight excluding hydrogens is 397 g/mol. The first-order valence-corrected chi connectivity index (χ1v) is 9.25. The molecule has 0 saturated carbocycles. The highest BCUT2D eigenvalue weighted by atomic mass is 35.5. The number of amides is 1. The second-order valence-corrected chi connectivity index (χ2v) is 6.77. The van der Waals surface area contributed by atoms with Crippen LogP contribution >= 0.6 is 11.6 Å². The fraction of sp³-hybridized carbons (Fsp3) is 0.190. The lowest BCUT2D eigenvalue weighted by Crippen LogP contribution is -2.36. The molecule has 0 N–H and O–H groups in total. The highest BCUT2D eigenvalue weighted by Gasteiger charge is 2.20. The average Bonchev–Trinajstić information content (AvgIpc) is 2.70. The minimum Gasteiger partial charge on any atom is -0.490 e. The van der Waals surface area contributed by atoms with Crippen LogP contribution < -0.4 is 10.2 Å². The van der Waals surface area contributed by atoms with Crippen LogP contribution in [0.3, 0.4) is 0 Å². The summed E-state index contributed by atoms with van der Waals surface area (Å²) in [5.41, 5.74) is -0.247. The third-order valence-electron chi connectivity index (χ3n) is 4.26. The van der Waals surface area contributed by atoms with Crippen molar-refractivity contribution in [2.45, 2.75) is 6.92 Å². The second-order valence-electron chi connectivity index (χ2n) is 6.37. The number of rotatable bonds is 6. The first-order chi connectivity index (χ1) is 13.9. The SMILES string of the molecule is Cc1cc(=O)c(C(=O)N(C)CCOc2ccccc2Cl)nn1-c1ccccc1F. The molecule has 3 aromatic rings. The quantitative estimate of drug-likeness (QED) is 0.618. The topological polar surface area (TPSA) is 64.4 Å². The lowest BCUT2D eigenvalue weighted by Gasteiger charge is -2.18. The first-order valence-electron chi connectivity index (χ1n) is 8.87. The lowest BCUT2D eigenvalue weighted by atomic mass is 10.2. The molecule has 6 nitrogen and oxygen atoms in total. The fourth-order valence-corrected chi connectivity index (χ4v) is 2.89. The van der Waals surface area contributed by atoms with Crippen LogP contribution in [-0.2, 0) is 0 Å². The Morgan fingerprint density at radius 1 is 1.21 bits per heavy atom. The molecule has 1 aromatic heterocycles. The van der Waals surface area contributed by atoms with Gasteiger partial charge in [0.1, 0.15) is 23.9 Å². The molecule has 0 aliphatic rings. The predicted molar refractivity (Wildman–Crippen MR) is 108 cm³/mol. The van der Waals surface area contributed by atoms with Gasteiger partial charge < -0.3 is 9.64 Å². The molecule has 29 heavy (non-hydrogen) atoms. The van der Waals surface area contributed by atoms with E-state index in [0.717, 1.165) is 0 Å². The number of hydrogen-bond acceptors (Lipinski definition) is 4. The van der Waals surface area contributed by atoms with Crippen molar-refractivity contribution in [1.82, 2.24) is 14.7 Å². The van der Waals surface area contributed by atoms with E-state index in [1.54, 1.807) is 43.3 Å². The maximum absolute atomic E-state index is 14.1. The van der Waals surface area contributed by atoms with E-state index >= 15 is 0 Å². The van der Waals surface area contributed by atoms with Gasteiger partial charge in [0.2, 0.25) is 5.43 Å². The largest absolute Gasteiger partial charge is 0.490 e. The number of para-hydroxylation sites is 2. The molecule has 150 valence electrons. The summed E-state index contributed by atoms with van der Waals surface area (Å²) in [4.78, 5) is 26.4. The fourth-order valence-electron chi connectivity index (χ4n) is 2.70. The van der Waals surface area contributed by atoms with Crippen LogP contribution in [0.25, 0.3) is 5.69 Å². The van der Waals surface area contributed by atoms with Crippen molar-refractivity contribution in [3.8, 4) is 11.4 Å². The lowest BCUT2D eigenvalue weighted by molar-refractivity contribution is 0.0764. The van der Waals surface area contributed by atoms with Crippen LogP contribution in [0.4, 0.5) is 4.39 Å². The summed E-state index contributed by atoms with van der Waals surface area (Å²) in [5.74, 6) is -0.583. The van der Waals surface area contributed by atoms with Crippen molar-refractivity contribution in [2.75, 3.05) is 20.2 Å². The summed E-state index contributed by atoms with van der Waals surface area (Å²) >= 11 is 6.03. The zero-order valence-corrected chi connectivity index (χ0v) is 16.7. The van der Waals surface area contributed by atoms with E-state index < -0.39 is 17.2 Å². The van der Waals surface area contributed by atoms with Gasteiger partial charge in [-0.2, -0.15) is 5.10 Å². The second kappa shape index (κ2) is 8.87. The van der Waals surface area contributed by atoms with Gasteiger partial charge >= 0.3 is 0 Å². The summed E-state index contributed by atoms with van der Waals surface area (Å²) in [6.45, 7) is 2.01. The highest BCUT2D eigenvalue weighted by Crippen LogP contribution is 2.22. The molecule has 0 unspecified atom stereocenters. The molecule has 0 aliphatic carbocycles. The zero-order chi connectivity index (χ0) is 21.0. The summed E-state index contributed by atoms with van der Waals surface area (Å²) < 4.78 is 21.0. The number of ether oxygens (including phenoxy) is 1.